The van der Waals surface area contributed by atoms with Crippen LogP contribution in [0.15, 0.2) is 240 Å². The van der Waals surface area contributed by atoms with Crippen molar-refractivity contribution in [1.29, 1.82) is 0 Å². The van der Waals surface area contributed by atoms with E-state index < -0.39 is 48.9 Å². The molecular formula is C79H86BClN14O6S2. The molecule has 3 fully saturated rings. The Hall–Kier alpha value is -9.59. The van der Waals surface area contributed by atoms with E-state index in [9.17, 15) is 8.42 Å². The van der Waals surface area contributed by atoms with E-state index >= 15 is 0 Å². The highest BCUT2D eigenvalue weighted by Crippen LogP contribution is 2.45. The van der Waals surface area contributed by atoms with Gasteiger partial charge in [-0.05, 0) is 104 Å². The first-order valence-electron chi connectivity index (χ1n) is 33.9. The Bertz CT molecular complexity index is 4960. The largest absolute Gasteiger partial charge is 0.495 e. The minimum absolute atomic E-state index is 0. The molecule has 0 bridgehead atoms. The van der Waals surface area contributed by atoms with Crippen molar-refractivity contribution in [2.24, 2.45) is 8.73 Å². The van der Waals surface area contributed by atoms with Crippen molar-refractivity contribution in [3.8, 4) is 11.4 Å². The molecule has 24 heteroatoms. The van der Waals surface area contributed by atoms with Crippen LogP contribution in [0.1, 0.15) is 82.3 Å². The zero-order chi connectivity index (χ0) is 71.4. The molecular weight excluding hydrogens is 1350 g/mol. The summed E-state index contributed by atoms with van der Waals surface area (Å²) in [7, 11) is -5.25. The third-order valence-electron chi connectivity index (χ3n) is 18.8. The maximum Gasteiger partial charge on any atom is 0.495 e. The fourth-order valence-electron chi connectivity index (χ4n) is 13.5. The molecule has 12 aromatic rings. The van der Waals surface area contributed by atoms with Gasteiger partial charge in [0.1, 0.15) is 22.7 Å². The highest BCUT2D eigenvalue weighted by Gasteiger charge is 2.53. The average molecular weight is 1440 g/mol. The second-order valence-electron chi connectivity index (χ2n) is 27.1. The number of ether oxygens (including phenoxy) is 2. The van der Waals surface area contributed by atoms with Crippen LogP contribution in [0.25, 0.3) is 33.5 Å². The van der Waals surface area contributed by atoms with Crippen LogP contribution in [0, 0.1) is 0 Å². The van der Waals surface area contributed by atoms with E-state index in [1.54, 1.807) is 37.3 Å². The molecule has 6 aromatic carbocycles. The first-order valence-corrected chi connectivity index (χ1v) is 38.9. The van der Waals surface area contributed by atoms with Crippen LogP contribution in [0.3, 0.4) is 0 Å². The predicted octanol–water partition coefficient (Wildman–Crippen LogP) is 14.2. The number of pyridine rings is 2. The summed E-state index contributed by atoms with van der Waals surface area (Å²) in [5.74, 6) is 2.60. The van der Waals surface area contributed by atoms with E-state index in [1.807, 2.05) is 77.9 Å². The monoisotopic (exact) mass is 1440 g/mol. The average Bonchev–Trinajstić information content (AvgIpc) is 1.67. The van der Waals surface area contributed by atoms with Gasteiger partial charge in [0.2, 0.25) is 5.28 Å². The summed E-state index contributed by atoms with van der Waals surface area (Å²) in [4.78, 5) is 32.1. The fourth-order valence-corrected chi connectivity index (χ4v) is 14.7. The quantitative estimate of drug-likeness (QED) is 0.0562. The normalized spacial score (nSPS) is 16.8. The first kappa shape index (κ1) is 73.2. The Morgan fingerprint density at radius 1 is 0.495 bits per heavy atom. The Morgan fingerprint density at radius 2 is 0.854 bits per heavy atom. The standard InChI is InChI=1S/C36H35N7O2S.C31H30BN3O2.C11H17ClN4O2S.CH4/c1-26-25-45-22-21-42(26)33-23-32(41-46(2,3)44)39-34(40-33)30-19-20-37-35-31(30)24-38-43(35)36(27-13-7-4-8-14-27,28-15-9-5-10-16-28)29-17-11-6-12-18-29;1-29(2)30(3,4)37-32(36-29)27-20-21-33-28-26(27)22-34-35(28)31(23-14-8-5-9-15-23,24-16-10-6-11-17-24)25-18-12-7-13-19-25;1-8-7-18-5-4-16(8)10-6-9(13-11(12)14-10)15-19(2,3)17;/h4-20,23-24,26H,21-22,25H2,1-3H3;5-22H,1-4H3;6,8H,4-5,7H2,1-3H3;1H4/t26-;;8-;/m1.1./s1. The Balaban J connectivity index is 0.000000157. The van der Waals surface area contributed by atoms with Crippen LogP contribution in [0.4, 0.5) is 23.3 Å². The second kappa shape index (κ2) is 30.4. The molecule has 0 spiro atoms. The predicted molar refractivity (Wildman–Crippen MR) is 414 cm³/mol. The highest BCUT2D eigenvalue weighted by atomic mass is 35.5. The molecule has 0 radical (unpaired) electrons. The molecule has 0 unspecified atom stereocenters. The third-order valence-corrected chi connectivity index (χ3v) is 20.3. The molecule has 0 N–H and O–H groups in total. The van der Waals surface area contributed by atoms with Gasteiger partial charge in [-0.3, -0.25) is 0 Å². The second-order valence-corrected chi connectivity index (χ2v) is 32.5. The Labute approximate surface area is 609 Å². The number of rotatable bonds is 14. The van der Waals surface area contributed by atoms with Crippen molar-refractivity contribution < 1.29 is 27.2 Å². The molecule has 530 valence electrons. The number of benzene rings is 6. The lowest BCUT2D eigenvalue weighted by atomic mass is 9.76. The molecule has 2 atom stereocenters. The molecule has 20 nitrogen and oxygen atoms in total. The topological polar surface area (TPSA) is 215 Å². The maximum atomic E-state index is 12.8. The van der Waals surface area contributed by atoms with Crippen LogP contribution in [0.2, 0.25) is 5.28 Å². The van der Waals surface area contributed by atoms with Gasteiger partial charge in [-0.2, -0.15) is 23.9 Å². The number of morpholine rings is 2. The molecule has 103 heavy (non-hydrogen) atoms. The van der Waals surface area contributed by atoms with E-state index in [1.165, 1.54) is 0 Å². The smallest absolute Gasteiger partial charge is 0.399 e. The van der Waals surface area contributed by atoms with Crippen molar-refractivity contribution in [2.75, 3.05) is 74.3 Å². The van der Waals surface area contributed by atoms with Gasteiger partial charge in [-0.1, -0.05) is 189 Å². The zero-order valence-electron chi connectivity index (χ0n) is 58.8. The summed E-state index contributed by atoms with van der Waals surface area (Å²) in [5, 5.41) is 11.9. The maximum absolute atomic E-state index is 12.8. The van der Waals surface area contributed by atoms with Crippen LogP contribution >= 0.6 is 11.6 Å². The van der Waals surface area contributed by atoms with Gasteiger partial charge in [-0.25, -0.2) is 42.7 Å². The van der Waals surface area contributed by atoms with Crippen LogP contribution < -0.4 is 15.3 Å². The SMILES string of the molecule is C.CC1(C)OB(c2ccnc3c2cnn3C(c2ccccc2)(c2ccccc2)c2ccccc2)OC1(C)C.C[C@@H]1COCCN1c1cc(N=S(C)(C)=O)nc(-c2ccnc3c2cnn3C(c2ccccc2)(c2ccccc2)c2ccccc2)n1.C[C@@H]1COCCN1c1cc(N=S(C)(C)=O)nc(Cl)n1. The van der Waals surface area contributed by atoms with E-state index in [0.29, 0.717) is 67.7 Å². The number of halogens is 1. The van der Waals surface area contributed by atoms with Gasteiger partial charge in [0.05, 0.1) is 67.5 Å². The molecule has 3 aliphatic heterocycles. The summed E-state index contributed by atoms with van der Waals surface area (Å²) in [6, 6.07) is 70.4. The van der Waals surface area contributed by atoms with Crippen LogP contribution in [-0.4, -0.2) is 153 Å². The lowest BCUT2D eigenvalue weighted by Crippen LogP contribution is -2.44. The first-order chi connectivity index (χ1) is 49.0. The molecule has 3 aliphatic rings. The number of anilines is 2. The van der Waals surface area contributed by atoms with Gasteiger partial charge in [0.25, 0.3) is 0 Å². The van der Waals surface area contributed by atoms with Crippen molar-refractivity contribution in [3.05, 3.63) is 270 Å². The summed E-state index contributed by atoms with van der Waals surface area (Å²) < 4.78 is 61.0. The Morgan fingerprint density at radius 3 is 1.24 bits per heavy atom. The lowest BCUT2D eigenvalue weighted by molar-refractivity contribution is 0.00578. The highest BCUT2D eigenvalue weighted by molar-refractivity contribution is 7.92. The van der Waals surface area contributed by atoms with E-state index in [4.69, 9.17) is 60.5 Å². The fraction of sp³-hybridized carbons (Fsp3) is 0.291. The summed E-state index contributed by atoms with van der Waals surface area (Å²) in [6.07, 6.45) is 13.7. The number of nitrogens with zero attached hydrogens (tertiary/aromatic N) is 14. The van der Waals surface area contributed by atoms with Crippen molar-refractivity contribution >= 4 is 89.0 Å². The Kier molecular flexibility index (Phi) is 21.6. The van der Waals surface area contributed by atoms with Gasteiger partial charge >= 0.3 is 7.12 Å². The van der Waals surface area contributed by atoms with E-state index in [0.717, 1.165) is 67.4 Å². The van der Waals surface area contributed by atoms with Gasteiger partial charge in [-0.15, -0.1) is 0 Å². The number of fused-ring (bicyclic) bond motifs is 2. The van der Waals surface area contributed by atoms with E-state index in [2.05, 4.69) is 220 Å². The summed E-state index contributed by atoms with van der Waals surface area (Å²) >= 11 is 5.91. The lowest BCUT2D eigenvalue weighted by Gasteiger charge is -2.36. The van der Waals surface area contributed by atoms with Crippen LogP contribution in [-0.2, 0) is 49.3 Å². The van der Waals surface area contributed by atoms with Gasteiger partial charge in [0, 0.05) is 93.0 Å². The summed E-state index contributed by atoms with van der Waals surface area (Å²) in [5.41, 5.74) is 7.11. The molecule has 0 saturated carbocycles. The number of aromatic nitrogens is 10. The molecule has 3 saturated heterocycles. The number of hydrogen-bond acceptors (Lipinski definition) is 18. The molecule has 15 rings (SSSR count). The minimum Gasteiger partial charge on any atom is -0.399 e. The number of hydrogen-bond donors (Lipinski definition) is 0. The van der Waals surface area contributed by atoms with E-state index in [-0.39, 0.29) is 24.8 Å². The molecule has 0 aliphatic carbocycles. The van der Waals surface area contributed by atoms with Gasteiger partial charge < -0.3 is 28.6 Å². The summed E-state index contributed by atoms with van der Waals surface area (Å²) in [6.45, 7) is 16.3. The zero-order valence-corrected chi connectivity index (χ0v) is 61.2. The van der Waals surface area contributed by atoms with Crippen molar-refractivity contribution in [2.45, 2.75) is 83.3 Å². The molecule has 0 amide bonds. The minimum atomic E-state index is -2.47. The van der Waals surface area contributed by atoms with Crippen LogP contribution in [0.5, 0.6) is 0 Å². The van der Waals surface area contributed by atoms with Gasteiger partial charge in [0.15, 0.2) is 28.8 Å². The van der Waals surface area contributed by atoms with Crippen molar-refractivity contribution in [3.63, 3.8) is 0 Å². The third kappa shape index (κ3) is 15.1. The molecule has 9 heterocycles. The molecule has 6 aromatic heterocycles. The van der Waals surface area contributed by atoms with Crippen molar-refractivity contribution in [1.82, 2.24) is 49.5 Å².